The molecule has 1 aromatic heterocycles. The van der Waals surface area contributed by atoms with Gasteiger partial charge in [0.1, 0.15) is 0 Å². The van der Waals surface area contributed by atoms with E-state index in [4.69, 9.17) is 4.74 Å². The molecule has 1 N–H and O–H groups in total. The topological polar surface area (TPSA) is 51.2 Å². The van der Waals surface area contributed by atoms with Crippen molar-refractivity contribution in [3.63, 3.8) is 0 Å². The van der Waals surface area contributed by atoms with E-state index in [2.05, 4.69) is 16.4 Å². The predicted octanol–water partition coefficient (Wildman–Crippen LogP) is 5.13. The monoisotopic (exact) mass is 400 g/mol. The molecular formula is C21H24N2O2S2. The van der Waals surface area contributed by atoms with E-state index in [1.165, 1.54) is 10.3 Å². The highest BCUT2D eigenvalue weighted by molar-refractivity contribution is 8.00. The SMILES string of the molecule is CC(C)OCCCNC(=O)c1ccc(CSc2nc3ccccc3s2)cc1. The van der Waals surface area contributed by atoms with E-state index < -0.39 is 0 Å². The Balaban J connectivity index is 1.46. The van der Waals surface area contributed by atoms with Gasteiger partial charge in [0, 0.05) is 24.5 Å². The average Bonchev–Trinajstić information content (AvgIpc) is 3.09. The molecule has 0 saturated carbocycles. The highest BCUT2D eigenvalue weighted by Gasteiger charge is 2.07. The largest absolute Gasteiger partial charge is 0.379 e. The second-order valence-corrected chi connectivity index (χ2v) is 8.72. The number of benzene rings is 2. The van der Waals surface area contributed by atoms with Crippen LogP contribution in [0.2, 0.25) is 0 Å². The van der Waals surface area contributed by atoms with Crippen LogP contribution >= 0.6 is 23.1 Å². The maximum atomic E-state index is 12.2. The molecule has 1 amide bonds. The Morgan fingerprint density at radius 1 is 1.19 bits per heavy atom. The number of nitrogens with one attached hydrogen (secondary N) is 1. The molecule has 2 aromatic carbocycles. The van der Waals surface area contributed by atoms with Gasteiger partial charge >= 0.3 is 0 Å². The van der Waals surface area contributed by atoms with Crippen LogP contribution in [-0.4, -0.2) is 30.1 Å². The number of para-hydroxylation sites is 1. The molecule has 6 heteroatoms. The maximum Gasteiger partial charge on any atom is 0.251 e. The number of nitrogens with zero attached hydrogens (tertiary/aromatic N) is 1. The van der Waals surface area contributed by atoms with Crippen LogP contribution in [-0.2, 0) is 10.5 Å². The summed E-state index contributed by atoms with van der Waals surface area (Å²) in [7, 11) is 0. The summed E-state index contributed by atoms with van der Waals surface area (Å²) in [5.41, 5.74) is 2.92. The first-order valence-electron chi connectivity index (χ1n) is 9.09. The molecule has 3 aromatic rings. The lowest BCUT2D eigenvalue weighted by Gasteiger charge is -2.08. The molecule has 3 rings (SSSR count). The molecule has 0 aliphatic carbocycles. The minimum Gasteiger partial charge on any atom is -0.379 e. The van der Waals surface area contributed by atoms with Crippen molar-refractivity contribution in [2.24, 2.45) is 0 Å². The molecule has 0 unspecified atom stereocenters. The van der Waals surface area contributed by atoms with Gasteiger partial charge in [-0.2, -0.15) is 0 Å². The number of fused-ring (bicyclic) bond motifs is 1. The van der Waals surface area contributed by atoms with E-state index in [1.807, 2.05) is 56.3 Å². The van der Waals surface area contributed by atoms with E-state index in [0.717, 1.165) is 22.0 Å². The molecule has 4 nitrogen and oxygen atoms in total. The van der Waals surface area contributed by atoms with Crippen molar-refractivity contribution in [1.29, 1.82) is 0 Å². The Morgan fingerprint density at radius 3 is 2.70 bits per heavy atom. The molecule has 0 saturated heterocycles. The lowest BCUT2D eigenvalue weighted by molar-refractivity contribution is 0.0757. The van der Waals surface area contributed by atoms with Crippen LogP contribution in [0.1, 0.15) is 36.2 Å². The number of amides is 1. The van der Waals surface area contributed by atoms with Crippen molar-refractivity contribution in [2.75, 3.05) is 13.2 Å². The Morgan fingerprint density at radius 2 is 1.96 bits per heavy atom. The second-order valence-electron chi connectivity index (χ2n) is 6.46. The number of hydrogen-bond donors (Lipinski definition) is 1. The fourth-order valence-corrected chi connectivity index (χ4v) is 4.53. The summed E-state index contributed by atoms with van der Waals surface area (Å²) in [6.45, 7) is 5.31. The van der Waals surface area contributed by atoms with E-state index in [1.54, 1.807) is 23.1 Å². The number of hydrogen-bond acceptors (Lipinski definition) is 5. The van der Waals surface area contributed by atoms with Gasteiger partial charge in [-0.05, 0) is 50.1 Å². The first kappa shape index (κ1) is 19.9. The maximum absolute atomic E-state index is 12.2. The van der Waals surface area contributed by atoms with Gasteiger partial charge < -0.3 is 10.1 Å². The smallest absolute Gasteiger partial charge is 0.251 e. The Kier molecular flexibility index (Phi) is 7.26. The van der Waals surface area contributed by atoms with Gasteiger partial charge in [0.25, 0.3) is 5.91 Å². The van der Waals surface area contributed by atoms with Gasteiger partial charge in [-0.3, -0.25) is 4.79 Å². The van der Waals surface area contributed by atoms with Crippen LogP contribution in [0.25, 0.3) is 10.2 Å². The number of aromatic nitrogens is 1. The molecule has 0 radical (unpaired) electrons. The van der Waals surface area contributed by atoms with Crippen LogP contribution in [0.4, 0.5) is 0 Å². The number of thiazole rings is 1. The zero-order valence-electron chi connectivity index (χ0n) is 15.6. The van der Waals surface area contributed by atoms with Crippen molar-refractivity contribution in [2.45, 2.75) is 36.5 Å². The van der Waals surface area contributed by atoms with E-state index in [9.17, 15) is 4.79 Å². The van der Waals surface area contributed by atoms with Crippen LogP contribution < -0.4 is 5.32 Å². The first-order valence-corrected chi connectivity index (χ1v) is 10.9. The molecule has 0 spiro atoms. The Bertz CT molecular complexity index is 842. The highest BCUT2D eigenvalue weighted by Crippen LogP contribution is 2.31. The van der Waals surface area contributed by atoms with Gasteiger partial charge in [0.2, 0.25) is 0 Å². The first-order chi connectivity index (χ1) is 13.1. The molecule has 0 atom stereocenters. The molecule has 27 heavy (non-hydrogen) atoms. The highest BCUT2D eigenvalue weighted by atomic mass is 32.2. The van der Waals surface area contributed by atoms with Gasteiger partial charge in [0.15, 0.2) is 4.34 Å². The third-order valence-corrected chi connectivity index (χ3v) is 6.16. The second kappa shape index (κ2) is 9.88. The number of carbonyl (C=O) groups is 1. The van der Waals surface area contributed by atoms with Crippen molar-refractivity contribution < 1.29 is 9.53 Å². The zero-order valence-corrected chi connectivity index (χ0v) is 17.2. The summed E-state index contributed by atoms with van der Waals surface area (Å²) in [6, 6.07) is 16.0. The Hall–Kier alpha value is -1.89. The molecular weight excluding hydrogens is 376 g/mol. The quantitative estimate of drug-likeness (QED) is 0.399. The van der Waals surface area contributed by atoms with Gasteiger partial charge in [-0.1, -0.05) is 36.0 Å². The summed E-state index contributed by atoms with van der Waals surface area (Å²) in [4.78, 5) is 16.8. The molecule has 0 aliphatic heterocycles. The van der Waals surface area contributed by atoms with E-state index in [0.29, 0.717) is 18.7 Å². The predicted molar refractivity (Wildman–Crippen MR) is 114 cm³/mol. The molecule has 0 bridgehead atoms. The lowest BCUT2D eigenvalue weighted by Crippen LogP contribution is -2.25. The van der Waals surface area contributed by atoms with E-state index >= 15 is 0 Å². The summed E-state index contributed by atoms with van der Waals surface area (Å²) in [5, 5.41) is 2.93. The van der Waals surface area contributed by atoms with Gasteiger partial charge in [-0.15, -0.1) is 11.3 Å². The van der Waals surface area contributed by atoms with Crippen molar-refractivity contribution in [3.8, 4) is 0 Å². The van der Waals surface area contributed by atoms with Gasteiger partial charge in [0.05, 0.1) is 16.3 Å². The lowest BCUT2D eigenvalue weighted by atomic mass is 10.1. The van der Waals surface area contributed by atoms with Crippen molar-refractivity contribution in [1.82, 2.24) is 10.3 Å². The molecule has 0 aliphatic rings. The van der Waals surface area contributed by atoms with Crippen LogP contribution in [0, 0.1) is 0 Å². The van der Waals surface area contributed by atoms with Crippen molar-refractivity contribution >= 4 is 39.2 Å². The van der Waals surface area contributed by atoms with Crippen LogP contribution in [0.15, 0.2) is 52.9 Å². The van der Waals surface area contributed by atoms with E-state index in [-0.39, 0.29) is 12.0 Å². The number of ether oxygens (including phenoxy) is 1. The number of thioether (sulfide) groups is 1. The average molecular weight is 401 g/mol. The summed E-state index contributed by atoms with van der Waals surface area (Å²) in [5.74, 6) is 0.804. The molecule has 142 valence electrons. The summed E-state index contributed by atoms with van der Waals surface area (Å²) >= 11 is 3.44. The van der Waals surface area contributed by atoms with Crippen LogP contribution in [0.5, 0.6) is 0 Å². The Labute approximate surface area is 168 Å². The fourth-order valence-electron chi connectivity index (χ4n) is 2.51. The minimum absolute atomic E-state index is 0.0371. The summed E-state index contributed by atoms with van der Waals surface area (Å²) < 4.78 is 7.75. The zero-order chi connectivity index (χ0) is 19.1. The minimum atomic E-state index is -0.0371. The van der Waals surface area contributed by atoms with Crippen LogP contribution in [0.3, 0.4) is 0 Å². The number of carbonyl (C=O) groups excluding carboxylic acids is 1. The van der Waals surface area contributed by atoms with Crippen molar-refractivity contribution in [3.05, 3.63) is 59.7 Å². The third kappa shape index (κ3) is 6.06. The van der Waals surface area contributed by atoms with Gasteiger partial charge in [-0.25, -0.2) is 4.98 Å². The number of rotatable bonds is 9. The fraction of sp³-hybridized carbons (Fsp3) is 0.333. The third-order valence-electron chi connectivity index (χ3n) is 3.91. The summed E-state index contributed by atoms with van der Waals surface area (Å²) in [6.07, 6.45) is 1.05. The normalized spacial score (nSPS) is 11.2. The molecule has 1 heterocycles. The molecule has 0 fully saturated rings. The standard InChI is InChI=1S/C21H24N2O2S2/c1-15(2)25-13-5-12-22-20(24)17-10-8-16(9-11-17)14-26-21-23-18-6-3-4-7-19(18)27-21/h3-4,6-11,15H,5,12-14H2,1-2H3,(H,22,24).